The zero-order valence-corrected chi connectivity index (χ0v) is 27.9. The lowest BCUT2D eigenvalue weighted by atomic mass is 9.93. The lowest BCUT2D eigenvalue weighted by Crippen LogP contribution is -2.30. The summed E-state index contributed by atoms with van der Waals surface area (Å²) in [6, 6.07) is 37.4. The third kappa shape index (κ3) is 7.06. The summed E-state index contributed by atoms with van der Waals surface area (Å²) in [4.78, 5) is 27.6. The van der Waals surface area contributed by atoms with Crippen LogP contribution in [0.5, 0.6) is 0 Å². The molecule has 2 N–H and O–H groups in total. The molecule has 0 spiro atoms. The van der Waals surface area contributed by atoms with Gasteiger partial charge in [0.15, 0.2) is 5.82 Å². The molecule has 0 bridgehead atoms. The number of benzene rings is 3. The first-order valence-electron chi connectivity index (χ1n) is 16.7. The second-order valence-electron chi connectivity index (χ2n) is 12.6. The third-order valence-corrected chi connectivity index (χ3v) is 8.80. The summed E-state index contributed by atoms with van der Waals surface area (Å²) in [5, 5.41) is 0. The van der Waals surface area contributed by atoms with E-state index < -0.39 is 5.66 Å². The molecule has 1 atom stereocenters. The minimum atomic E-state index is -0.782. The van der Waals surface area contributed by atoms with Crippen molar-refractivity contribution in [2.75, 3.05) is 0 Å². The molecule has 1 unspecified atom stereocenters. The molecule has 7 aromatic rings. The highest BCUT2D eigenvalue weighted by atomic mass is 15.0. The van der Waals surface area contributed by atoms with Crippen molar-refractivity contribution in [2.24, 2.45) is 10.7 Å². The molecule has 0 amide bonds. The zero-order chi connectivity index (χ0) is 34.6. The molecule has 4 aromatic heterocycles. The van der Waals surface area contributed by atoms with Gasteiger partial charge >= 0.3 is 0 Å². The first-order valence-corrected chi connectivity index (χ1v) is 16.7. The smallest absolute Gasteiger partial charge is 0.160 e. The van der Waals surface area contributed by atoms with Gasteiger partial charge in [0.2, 0.25) is 0 Å². The van der Waals surface area contributed by atoms with Crippen LogP contribution in [0, 0.1) is 0 Å². The van der Waals surface area contributed by atoms with Crippen molar-refractivity contribution in [3.63, 3.8) is 0 Å². The Labute approximate surface area is 296 Å². The van der Waals surface area contributed by atoms with Crippen molar-refractivity contribution < 1.29 is 0 Å². The van der Waals surface area contributed by atoms with Crippen LogP contribution >= 0.6 is 0 Å². The van der Waals surface area contributed by atoms with Crippen molar-refractivity contribution >= 4 is 11.8 Å². The van der Waals surface area contributed by atoms with Crippen molar-refractivity contribution in [1.82, 2.24) is 24.9 Å². The maximum absolute atomic E-state index is 6.35. The van der Waals surface area contributed by atoms with Gasteiger partial charge in [0.25, 0.3) is 0 Å². The summed E-state index contributed by atoms with van der Waals surface area (Å²) < 4.78 is 0. The Kier molecular flexibility index (Phi) is 8.46. The minimum absolute atomic E-state index is 0.637. The molecule has 3 aromatic carbocycles. The Morgan fingerprint density at radius 2 is 0.922 bits per heavy atom. The van der Waals surface area contributed by atoms with E-state index in [4.69, 9.17) is 15.7 Å². The lowest BCUT2D eigenvalue weighted by Gasteiger charge is -2.15. The van der Waals surface area contributed by atoms with Gasteiger partial charge in [-0.25, -0.2) is 9.97 Å². The van der Waals surface area contributed by atoms with Crippen LogP contribution in [-0.2, 0) is 0 Å². The van der Waals surface area contributed by atoms with Gasteiger partial charge in [0, 0.05) is 60.1 Å². The normalized spacial score (nSPS) is 15.3. The molecule has 0 fully saturated rings. The van der Waals surface area contributed by atoms with Gasteiger partial charge < -0.3 is 5.73 Å². The largest absolute Gasteiger partial charge is 0.304 e. The Morgan fingerprint density at radius 1 is 0.471 bits per heavy atom. The number of hydrogen-bond donors (Lipinski definition) is 1. The van der Waals surface area contributed by atoms with Crippen LogP contribution in [0.25, 0.3) is 72.9 Å². The summed E-state index contributed by atoms with van der Waals surface area (Å²) in [5.74, 6) is 0.637. The molecular formula is C44H33N7. The molecule has 5 heterocycles. The van der Waals surface area contributed by atoms with E-state index in [1.54, 1.807) is 6.21 Å². The molecule has 1 aliphatic heterocycles. The number of allylic oxidation sites excluding steroid dienone is 3. The minimum Gasteiger partial charge on any atom is -0.304 e. The van der Waals surface area contributed by atoms with Gasteiger partial charge in [-0.3, -0.25) is 19.9 Å². The fraction of sp³-hybridized carbons (Fsp3) is 0.0455. The summed E-state index contributed by atoms with van der Waals surface area (Å²) in [6.07, 6.45) is 18.6. The predicted octanol–water partition coefficient (Wildman–Crippen LogP) is 9.36. The highest BCUT2D eigenvalue weighted by molar-refractivity contribution is 5.92. The first-order chi connectivity index (χ1) is 25.0. The molecule has 1 aliphatic rings. The fourth-order valence-electron chi connectivity index (χ4n) is 6.14. The van der Waals surface area contributed by atoms with Crippen LogP contribution in [0.1, 0.15) is 12.5 Å². The average Bonchev–Trinajstić information content (AvgIpc) is 3.38. The molecule has 0 saturated heterocycles. The van der Waals surface area contributed by atoms with E-state index in [0.717, 1.165) is 72.6 Å². The summed E-state index contributed by atoms with van der Waals surface area (Å²) in [7, 11) is 0. The average molecular weight is 660 g/mol. The fourth-order valence-corrected chi connectivity index (χ4v) is 6.14. The second kappa shape index (κ2) is 13.7. The van der Waals surface area contributed by atoms with Gasteiger partial charge in [0.1, 0.15) is 5.66 Å². The van der Waals surface area contributed by atoms with Crippen molar-refractivity contribution in [3.05, 3.63) is 170 Å². The van der Waals surface area contributed by atoms with E-state index >= 15 is 0 Å². The molecule has 7 nitrogen and oxygen atoms in total. The van der Waals surface area contributed by atoms with Crippen molar-refractivity contribution in [2.45, 2.75) is 12.6 Å². The van der Waals surface area contributed by atoms with E-state index in [1.807, 2.05) is 129 Å². The number of aromatic nitrogens is 5. The van der Waals surface area contributed by atoms with Gasteiger partial charge in [-0.2, -0.15) is 0 Å². The maximum Gasteiger partial charge on any atom is 0.160 e. The van der Waals surface area contributed by atoms with E-state index in [1.165, 1.54) is 0 Å². The van der Waals surface area contributed by atoms with E-state index in [0.29, 0.717) is 5.82 Å². The van der Waals surface area contributed by atoms with E-state index in [9.17, 15) is 0 Å². The standard InChI is InChI=1S/C44H33N7/c1-44(45)15-7-30(14-22-49-44)35-23-36(31-8-16-46-17-9-31)26-39(25-35)41-29-42(51-43(50-41)34-5-3-2-4-6-34)40-27-37(32-10-18-47-19-11-32)24-38(28-40)33-12-20-48-21-13-33/h2-29H,45H2,1H3. The molecule has 0 saturated carbocycles. The number of hydrogen-bond acceptors (Lipinski definition) is 7. The molecule has 51 heavy (non-hydrogen) atoms. The van der Waals surface area contributed by atoms with Crippen LogP contribution in [0.4, 0.5) is 0 Å². The molecule has 0 aliphatic carbocycles. The highest BCUT2D eigenvalue weighted by Gasteiger charge is 2.17. The SMILES string of the molecule is CC1(N)C=CC(c2cc(-c3ccncc3)cc(-c3cc(-c4cc(-c5ccncc5)cc(-c5ccncc5)c4)nc(-c4ccccc4)n3)c2)=CC=N1. The monoisotopic (exact) mass is 659 g/mol. The molecule has 8 rings (SSSR count). The van der Waals surface area contributed by atoms with Crippen LogP contribution in [0.2, 0.25) is 0 Å². The third-order valence-electron chi connectivity index (χ3n) is 8.80. The number of nitrogens with zero attached hydrogens (tertiary/aromatic N) is 6. The first kappa shape index (κ1) is 31.6. The van der Waals surface area contributed by atoms with E-state index in [-0.39, 0.29) is 0 Å². The van der Waals surface area contributed by atoms with Crippen LogP contribution in [0.15, 0.2) is 170 Å². The Balaban J connectivity index is 1.35. The Morgan fingerprint density at radius 3 is 1.43 bits per heavy atom. The topological polar surface area (TPSA) is 103 Å². The maximum atomic E-state index is 6.35. The molecule has 7 heteroatoms. The Bertz CT molecular complexity index is 2360. The number of rotatable bonds is 7. The van der Waals surface area contributed by atoms with Gasteiger partial charge in [0.05, 0.1) is 11.4 Å². The van der Waals surface area contributed by atoms with E-state index in [2.05, 4.69) is 62.4 Å². The number of nitrogens with two attached hydrogens (primary N) is 1. The van der Waals surface area contributed by atoms with Gasteiger partial charge in [-0.1, -0.05) is 36.4 Å². The van der Waals surface area contributed by atoms with Crippen LogP contribution in [0.3, 0.4) is 0 Å². The summed E-state index contributed by atoms with van der Waals surface area (Å²) >= 11 is 0. The number of pyridine rings is 3. The Hall–Kier alpha value is -6.70. The molecule has 244 valence electrons. The predicted molar refractivity (Wildman–Crippen MR) is 206 cm³/mol. The molecule has 0 radical (unpaired) electrons. The number of aliphatic imine (C=N–C) groups is 1. The summed E-state index contributed by atoms with van der Waals surface area (Å²) in [6.45, 7) is 1.88. The second-order valence-corrected chi connectivity index (χ2v) is 12.6. The lowest BCUT2D eigenvalue weighted by molar-refractivity contribution is 0.625. The summed E-state index contributed by atoms with van der Waals surface area (Å²) in [5.41, 5.74) is 18.4. The zero-order valence-electron chi connectivity index (χ0n) is 27.9. The van der Waals surface area contributed by atoms with Crippen LogP contribution in [-0.4, -0.2) is 36.8 Å². The van der Waals surface area contributed by atoms with Crippen molar-refractivity contribution in [1.29, 1.82) is 0 Å². The highest BCUT2D eigenvalue weighted by Crippen LogP contribution is 2.36. The quantitative estimate of drug-likeness (QED) is 0.183. The van der Waals surface area contributed by atoms with Crippen molar-refractivity contribution in [3.8, 4) is 67.3 Å². The van der Waals surface area contributed by atoms with Gasteiger partial charge in [-0.05, 0) is 142 Å². The van der Waals surface area contributed by atoms with Gasteiger partial charge in [-0.15, -0.1) is 0 Å². The van der Waals surface area contributed by atoms with Crippen LogP contribution < -0.4 is 5.73 Å². The molecular weight excluding hydrogens is 627 g/mol.